The van der Waals surface area contributed by atoms with E-state index in [2.05, 4.69) is 6.92 Å². The minimum Gasteiger partial charge on any atom is -0.494 e. The van der Waals surface area contributed by atoms with E-state index in [0.717, 1.165) is 25.0 Å². The molecule has 7 nitrogen and oxygen atoms in total. The van der Waals surface area contributed by atoms with Gasteiger partial charge >= 0.3 is 11.9 Å². The van der Waals surface area contributed by atoms with Gasteiger partial charge in [-0.3, -0.25) is 9.59 Å². The van der Waals surface area contributed by atoms with Crippen LogP contribution in [0.1, 0.15) is 108 Å². The maximum atomic E-state index is 12.7. The number of piperidine rings is 1. The predicted molar refractivity (Wildman–Crippen MR) is 165 cm³/mol. The smallest absolute Gasteiger partial charge is 0.343 e. The molecule has 2 aromatic carbocycles. The summed E-state index contributed by atoms with van der Waals surface area (Å²) < 4.78 is 16.9. The molecule has 3 rings (SSSR count). The highest BCUT2D eigenvalue weighted by Crippen LogP contribution is 2.25. The summed E-state index contributed by atoms with van der Waals surface area (Å²) in [5.74, 6) is 0.753. The Balaban J connectivity index is 1.36. The summed E-state index contributed by atoms with van der Waals surface area (Å²) in [4.78, 5) is 39.8. The number of nitrogens with zero attached hydrogens (tertiary/aromatic N) is 1. The summed E-state index contributed by atoms with van der Waals surface area (Å²) in [6, 6.07) is 13.4. The van der Waals surface area contributed by atoms with Crippen LogP contribution in [-0.2, 0) is 9.59 Å². The van der Waals surface area contributed by atoms with Gasteiger partial charge in [0.25, 0.3) is 0 Å². The minimum absolute atomic E-state index is 0.0591. The number of carbonyl (C=O) groups is 3. The lowest BCUT2D eigenvalue weighted by Crippen LogP contribution is -2.43. The van der Waals surface area contributed by atoms with Gasteiger partial charge in [-0.1, -0.05) is 65.7 Å². The van der Waals surface area contributed by atoms with Gasteiger partial charge in [0, 0.05) is 19.0 Å². The first-order valence-electron chi connectivity index (χ1n) is 16.0. The van der Waals surface area contributed by atoms with Gasteiger partial charge in [-0.05, 0) is 80.6 Å². The van der Waals surface area contributed by atoms with Gasteiger partial charge in [0.1, 0.15) is 17.2 Å². The summed E-state index contributed by atoms with van der Waals surface area (Å²) in [6.45, 7) is 8.14. The summed E-state index contributed by atoms with van der Waals surface area (Å²) in [6.07, 6.45) is 12.9. The Hall–Kier alpha value is -3.35. The highest BCUT2D eigenvalue weighted by Gasteiger charge is 2.30. The number of ether oxygens (including phenoxy) is 3. The Morgan fingerprint density at radius 1 is 0.714 bits per heavy atom. The number of benzene rings is 2. The van der Waals surface area contributed by atoms with E-state index < -0.39 is 5.97 Å². The van der Waals surface area contributed by atoms with Crippen LogP contribution < -0.4 is 14.2 Å². The van der Waals surface area contributed by atoms with Crippen LogP contribution in [-0.4, -0.2) is 42.4 Å². The molecule has 0 bridgehead atoms. The molecular weight excluding hydrogens is 530 g/mol. The Labute approximate surface area is 251 Å². The van der Waals surface area contributed by atoms with Crippen molar-refractivity contribution >= 4 is 17.8 Å². The van der Waals surface area contributed by atoms with Gasteiger partial charge in [-0.15, -0.1) is 0 Å². The van der Waals surface area contributed by atoms with E-state index in [-0.39, 0.29) is 23.7 Å². The van der Waals surface area contributed by atoms with Crippen LogP contribution in [0.4, 0.5) is 0 Å². The fourth-order valence-corrected chi connectivity index (χ4v) is 5.29. The molecule has 0 N–H and O–H groups in total. The van der Waals surface area contributed by atoms with Crippen molar-refractivity contribution in [1.82, 2.24) is 4.90 Å². The average Bonchev–Trinajstić information content (AvgIpc) is 3.02. The first kappa shape index (κ1) is 33.2. The zero-order valence-corrected chi connectivity index (χ0v) is 25.8. The summed E-state index contributed by atoms with van der Waals surface area (Å²) in [5, 5.41) is 0. The fraction of sp³-hybridized carbons (Fsp3) is 0.571. The Morgan fingerprint density at radius 3 is 1.81 bits per heavy atom. The number of carbonyl (C=O) groups excluding carboxylic acids is 3. The van der Waals surface area contributed by atoms with E-state index in [1.54, 1.807) is 48.5 Å². The molecule has 1 aliphatic heterocycles. The number of hydrogen-bond acceptors (Lipinski definition) is 6. The number of unbranched alkanes of at least 4 members (excludes halogenated alkanes) is 7. The molecule has 230 valence electrons. The van der Waals surface area contributed by atoms with Gasteiger partial charge < -0.3 is 19.1 Å². The van der Waals surface area contributed by atoms with Crippen molar-refractivity contribution in [2.75, 3.05) is 19.7 Å². The van der Waals surface area contributed by atoms with Crippen molar-refractivity contribution in [3.05, 3.63) is 54.1 Å². The molecular formula is C35H49NO6. The number of esters is 2. The summed E-state index contributed by atoms with van der Waals surface area (Å²) in [7, 11) is 0. The van der Waals surface area contributed by atoms with Gasteiger partial charge in [0.05, 0.1) is 18.1 Å². The fourth-order valence-electron chi connectivity index (χ4n) is 5.29. The Morgan fingerprint density at radius 2 is 1.24 bits per heavy atom. The van der Waals surface area contributed by atoms with Gasteiger partial charge in [0.2, 0.25) is 5.91 Å². The minimum atomic E-state index is -0.468. The van der Waals surface area contributed by atoms with Crippen LogP contribution >= 0.6 is 0 Å². The molecule has 0 unspecified atom stereocenters. The lowest BCUT2D eigenvalue weighted by atomic mass is 9.94. The van der Waals surface area contributed by atoms with Crippen LogP contribution in [0, 0.1) is 11.8 Å². The molecule has 0 radical (unpaired) electrons. The second-order valence-electron chi connectivity index (χ2n) is 11.2. The molecule has 1 fully saturated rings. The Bertz CT molecular complexity index is 1090. The first-order chi connectivity index (χ1) is 20.4. The summed E-state index contributed by atoms with van der Waals surface area (Å²) >= 11 is 0. The average molecular weight is 580 g/mol. The molecule has 0 aliphatic carbocycles. The first-order valence-corrected chi connectivity index (χ1v) is 16.0. The third kappa shape index (κ3) is 10.8. The number of likely N-dealkylation sites (tertiary alicyclic amines) is 1. The topological polar surface area (TPSA) is 82.1 Å². The van der Waals surface area contributed by atoms with Gasteiger partial charge in [-0.25, -0.2) is 4.79 Å². The molecule has 1 amide bonds. The van der Waals surface area contributed by atoms with Crippen LogP contribution in [0.2, 0.25) is 0 Å². The second-order valence-corrected chi connectivity index (χ2v) is 11.2. The van der Waals surface area contributed by atoms with Crippen molar-refractivity contribution in [2.45, 2.75) is 97.8 Å². The zero-order valence-electron chi connectivity index (χ0n) is 25.8. The van der Waals surface area contributed by atoms with Crippen LogP contribution in [0.25, 0.3) is 0 Å². The van der Waals surface area contributed by atoms with E-state index in [1.807, 2.05) is 18.7 Å². The van der Waals surface area contributed by atoms with Crippen molar-refractivity contribution in [2.24, 2.45) is 11.8 Å². The SMILES string of the molecule is CCCCCCCCCCOc1ccc(C(=O)Oc2ccc(OC(=O)C3CCN(C(=O)C(CC)CC)CC3)cc2)cc1. The van der Waals surface area contributed by atoms with Crippen molar-refractivity contribution in [1.29, 1.82) is 0 Å². The molecule has 1 aliphatic rings. The molecule has 0 atom stereocenters. The molecule has 0 saturated carbocycles. The third-order valence-corrected chi connectivity index (χ3v) is 8.08. The quantitative estimate of drug-likeness (QED) is 0.107. The molecule has 2 aromatic rings. The molecule has 1 saturated heterocycles. The van der Waals surface area contributed by atoms with Crippen molar-refractivity contribution in [3.63, 3.8) is 0 Å². The van der Waals surface area contributed by atoms with Crippen LogP contribution in [0.15, 0.2) is 48.5 Å². The van der Waals surface area contributed by atoms with E-state index in [1.165, 1.54) is 44.9 Å². The van der Waals surface area contributed by atoms with E-state index in [4.69, 9.17) is 14.2 Å². The second kappa shape index (κ2) is 18.2. The lowest BCUT2D eigenvalue weighted by molar-refractivity contribution is -0.144. The van der Waals surface area contributed by atoms with Crippen LogP contribution in [0.3, 0.4) is 0 Å². The molecule has 1 heterocycles. The molecule has 0 aromatic heterocycles. The Kier molecular flexibility index (Phi) is 14.4. The predicted octanol–water partition coefficient (Wildman–Crippen LogP) is 8.01. The van der Waals surface area contributed by atoms with Crippen molar-refractivity contribution in [3.8, 4) is 17.2 Å². The van der Waals surface area contributed by atoms with Crippen molar-refractivity contribution < 1.29 is 28.6 Å². The molecule has 0 spiro atoms. The molecule has 42 heavy (non-hydrogen) atoms. The monoisotopic (exact) mass is 579 g/mol. The van der Waals surface area contributed by atoms with E-state index >= 15 is 0 Å². The molecule has 7 heteroatoms. The van der Waals surface area contributed by atoms with Gasteiger partial charge in [-0.2, -0.15) is 0 Å². The number of amides is 1. The number of hydrogen-bond donors (Lipinski definition) is 0. The zero-order chi connectivity index (χ0) is 30.2. The lowest BCUT2D eigenvalue weighted by Gasteiger charge is -2.33. The highest BCUT2D eigenvalue weighted by molar-refractivity contribution is 5.91. The third-order valence-electron chi connectivity index (χ3n) is 8.08. The number of rotatable bonds is 17. The standard InChI is InChI=1S/C35H49NO6/c1-4-7-8-9-10-11-12-13-26-40-30-16-14-28(15-17-30)34(38)41-31-18-20-32(21-19-31)42-35(39)29-22-24-36(25-23-29)33(37)27(5-2)6-3/h14-21,27,29H,4-13,22-26H2,1-3H3. The normalized spacial score (nSPS) is 13.7. The van der Waals surface area contributed by atoms with E-state index in [0.29, 0.717) is 49.6 Å². The highest BCUT2D eigenvalue weighted by atomic mass is 16.5. The van der Waals surface area contributed by atoms with Gasteiger partial charge in [0.15, 0.2) is 0 Å². The summed E-state index contributed by atoms with van der Waals surface area (Å²) in [5.41, 5.74) is 0.430. The maximum absolute atomic E-state index is 12.7. The largest absolute Gasteiger partial charge is 0.494 e. The van der Waals surface area contributed by atoms with Crippen LogP contribution in [0.5, 0.6) is 17.2 Å². The van der Waals surface area contributed by atoms with E-state index in [9.17, 15) is 14.4 Å². The maximum Gasteiger partial charge on any atom is 0.343 e.